The molecular formula is C19H17N7OS. The maximum atomic E-state index is 12.7. The van der Waals surface area contributed by atoms with Crippen LogP contribution in [0.5, 0.6) is 0 Å². The summed E-state index contributed by atoms with van der Waals surface area (Å²) in [6.45, 7) is 0.327. The lowest BCUT2D eigenvalue weighted by Gasteiger charge is -2.11. The van der Waals surface area contributed by atoms with Gasteiger partial charge in [0, 0.05) is 41.9 Å². The SMILES string of the molecule is CSc1nccn1-c1cccc(C(=O)NCc2cccnc2-n2cncn2)c1. The Labute approximate surface area is 165 Å². The number of nitrogens with one attached hydrogen (secondary N) is 1. The largest absolute Gasteiger partial charge is 0.348 e. The van der Waals surface area contributed by atoms with Crippen LogP contribution in [0.2, 0.25) is 0 Å². The third-order valence-corrected chi connectivity index (χ3v) is 4.79. The van der Waals surface area contributed by atoms with Gasteiger partial charge in [-0.25, -0.2) is 19.6 Å². The Morgan fingerprint density at radius 1 is 1.18 bits per heavy atom. The number of imidazole rings is 1. The molecule has 4 aromatic rings. The van der Waals surface area contributed by atoms with Crippen molar-refractivity contribution in [3.8, 4) is 11.5 Å². The van der Waals surface area contributed by atoms with Crippen molar-refractivity contribution in [1.29, 1.82) is 0 Å². The molecule has 0 radical (unpaired) electrons. The van der Waals surface area contributed by atoms with Gasteiger partial charge in [0.05, 0.1) is 0 Å². The van der Waals surface area contributed by atoms with Gasteiger partial charge in [-0.3, -0.25) is 9.36 Å². The second kappa shape index (κ2) is 8.05. The minimum atomic E-state index is -0.166. The Balaban J connectivity index is 1.52. The van der Waals surface area contributed by atoms with E-state index < -0.39 is 0 Å². The van der Waals surface area contributed by atoms with Crippen LogP contribution in [0.1, 0.15) is 15.9 Å². The summed E-state index contributed by atoms with van der Waals surface area (Å²) in [5, 5.41) is 7.92. The Morgan fingerprint density at radius 3 is 2.93 bits per heavy atom. The van der Waals surface area contributed by atoms with Gasteiger partial charge in [0.1, 0.15) is 12.7 Å². The molecular weight excluding hydrogens is 374 g/mol. The molecule has 0 bridgehead atoms. The third-order valence-electron chi connectivity index (χ3n) is 4.12. The summed E-state index contributed by atoms with van der Waals surface area (Å²) < 4.78 is 3.52. The molecule has 0 aliphatic carbocycles. The number of aromatic nitrogens is 6. The molecule has 1 N–H and O–H groups in total. The first-order valence-corrected chi connectivity index (χ1v) is 9.73. The van der Waals surface area contributed by atoms with E-state index >= 15 is 0 Å². The Kier molecular flexibility index (Phi) is 5.16. The first kappa shape index (κ1) is 17.9. The van der Waals surface area contributed by atoms with Crippen molar-refractivity contribution in [2.24, 2.45) is 0 Å². The second-order valence-electron chi connectivity index (χ2n) is 5.84. The average molecular weight is 391 g/mol. The second-order valence-corrected chi connectivity index (χ2v) is 6.62. The summed E-state index contributed by atoms with van der Waals surface area (Å²) in [6, 6.07) is 11.2. The average Bonchev–Trinajstić information content (AvgIpc) is 3.44. The predicted octanol–water partition coefficient (Wildman–Crippen LogP) is 2.50. The number of hydrogen-bond acceptors (Lipinski definition) is 6. The minimum absolute atomic E-state index is 0.166. The normalized spacial score (nSPS) is 10.8. The van der Waals surface area contributed by atoms with Gasteiger partial charge in [0.25, 0.3) is 5.91 Å². The summed E-state index contributed by atoms with van der Waals surface area (Å²) in [5.41, 5.74) is 2.31. The van der Waals surface area contributed by atoms with E-state index in [0.29, 0.717) is 17.9 Å². The number of pyridine rings is 1. The molecule has 9 heteroatoms. The molecule has 0 aliphatic rings. The standard InChI is InChI=1S/C19H17N7OS/c1-28-19-22-8-9-25(19)16-6-2-4-14(10-16)18(27)23-11-15-5-3-7-21-17(15)26-13-20-12-24-26/h2-10,12-13H,11H2,1H3,(H,23,27). The van der Waals surface area contributed by atoms with Gasteiger partial charge in [-0.15, -0.1) is 0 Å². The van der Waals surface area contributed by atoms with Crippen molar-refractivity contribution < 1.29 is 4.79 Å². The summed E-state index contributed by atoms with van der Waals surface area (Å²) in [5.74, 6) is 0.470. The van der Waals surface area contributed by atoms with E-state index in [1.807, 2.05) is 47.4 Å². The highest BCUT2D eigenvalue weighted by Gasteiger charge is 2.11. The van der Waals surface area contributed by atoms with Crippen molar-refractivity contribution in [2.45, 2.75) is 11.7 Å². The van der Waals surface area contributed by atoms with Crippen molar-refractivity contribution in [1.82, 2.24) is 34.6 Å². The zero-order chi connectivity index (χ0) is 19.3. The highest BCUT2D eigenvalue weighted by molar-refractivity contribution is 7.98. The first-order chi connectivity index (χ1) is 13.8. The quantitative estimate of drug-likeness (QED) is 0.508. The molecule has 4 rings (SSSR count). The summed E-state index contributed by atoms with van der Waals surface area (Å²) >= 11 is 1.55. The molecule has 0 saturated heterocycles. The number of thioether (sulfide) groups is 1. The van der Waals surface area contributed by atoms with Crippen LogP contribution < -0.4 is 5.32 Å². The van der Waals surface area contributed by atoms with Crippen LogP contribution in [0.3, 0.4) is 0 Å². The number of hydrogen-bond donors (Lipinski definition) is 1. The summed E-state index contributed by atoms with van der Waals surface area (Å²) in [6.07, 6.45) is 10.3. The van der Waals surface area contributed by atoms with E-state index in [4.69, 9.17) is 0 Å². The zero-order valence-electron chi connectivity index (χ0n) is 15.1. The van der Waals surface area contributed by atoms with Crippen molar-refractivity contribution in [2.75, 3.05) is 6.26 Å². The number of nitrogens with zero attached hydrogens (tertiary/aromatic N) is 6. The van der Waals surface area contributed by atoms with E-state index in [2.05, 4.69) is 25.4 Å². The Morgan fingerprint density at radius 2 is 2.11 bits per heavy atom. The lowest BCUT2D eigenvalue weighted by Crippen LogP contribution is -2.24. The molecule has 0 fully saturated rings. The van der Waals surface area contributed by atoms with E-state index in [-0.39, 0.29) is 5.91 Å². The van der Waals surface area contributed by atoms with Crippen molar-refractivity contribution in [3.63, 3.8) is 0 Å². The molecule has 1 amide bonds. The van der Waals surface area contributed by atoms with Gasteiger partial charge in [-0.1, -0.05) is 23.9 Å². The molecule has 0 unspecified atom stereocenters. The summed E-state index contributed by atoms with van der Waals surface area (Å²) in [7, 11) is 0. The topological polar surface area (TPSA) is 90.5 Å². The molecule has 3 heterocycles. The summed E-state index contributed by atoms with van der Waals surface area (Å²) in [4.78, 5) is 25.3. The van der Waals surface area contributed by atoms with E-state index in [1.165, 1.54) is 6.33 Å². The molecule has 8 nitrogen and oxygen atoms in total. The fourth-order valence-electron chi connectivity index (χ4n) is 2.80. The molecule has 140 valence electrons. The monoisotopic (exact) mass is 391 g/mol. The van der Waals surface area contributed by atoms with Gasteiger partial charge in [0.15, 0.2) is 11.0 Å². The Hall–Kier alpha value is -3.46. The van der Waals surface area contributed by atoms with Crippen LogP contribution in [-0.4, -0.2) is 41.5 Å². The highest BCUT2D eigenvalue weighted by atomic mass is 32.2. The third kappa shape index (κ3) is 3.65. The van der Waals surface area contributed by atoms with Crippen LogP contribution in [0.4, 0.5) is 0 Å². The lowest BCUT2D eigenvalue weighted by molar-refractivity contribution is 0.0951. The Bertz CT molecular complexity index is 1090. The fraction of sp³-hybridized carbons (Fsp3) is 0.105. The zero-order valence-corrected chi connectivity index (χ0v) is 15.9. The highest BCUT2D eigenvalue weighted by Crippen LogP contribution is 2.19. The molecule has 0 aliphatic heterocycles. The van der Waals surface area contributed by atoms with Crippen LogP contribution >= 0.6 is 11.8 Å². The molecule has 0 saturated carbocycles. The van der Waals surface area contributed by atoms with Gasteiger partial charge in [0.2, 0.25) is 0 Å². The van der Waals surface area contributed by atoms with Crippen LogP contribution in [-0.2, 0) is 6.54 Å². The number of benzene rings is 1. The maximum absolute atomic E-state index is 12.7. The van der Waals surface area contributed by atoms with Gasteiger partial charge >= 0.3 is 0 Å². The lowest BCUT2D eigenvalue weighted by atomic mass is 10.1. The van der Waals surface area contributed by atoms with E-state index in [0.717, 1.165) is 16.4 Å². The molecule has 28 heavy (non-hydrogen) atoms. The number of carbonyl (C=O) groups is 1. The number of carbonyl (C=O) groups excluding carboxylic acids is 1. The maximum Gasteiger partial charge on any atom is 0.251 e. The van der Waals surface area contributed by atoms with Gasteiger partial charge in [-0.2, -0.15) is 5.10 Å². The molecule has 0 atom stereocenters. The smallest absolute Gasteiger partial charge is 0.251 e. The number of rotatable bonds is 6. The van der Waals surface area contributed by atoms with Crippen LogP contribution in [0.25, 0.3) is 11.5 Å². The van der Waals surface area contributed by atoms with Gasteiger partial charge < -0.3 is 5.32 Å². The van der Waals surface area contributed by atoms with Crippen molar-refractivity contribution in [3.05, 3.63) is 78.8 Å². The van der Waals surface area contributed by atoms with Gasteiger partial charge in [-0.05, 0) is 30.5 Å². The van der Waals surface area contributed by atoms with Crippen LogP contribution in [0.15, 0.2) is 72.8 Å². The molecule has 3 aromatic heterocycles. The predicted molar refractivity (Wildman–Crippen MR) is 106 cm³/mol. The molecule has 0 spiro atoms. The van der Waals surface area contributed by atoms with Crippen LogP contribution in [0, 0.1) is 0 Å². The first-order valence-electron chi connectivity index (χ1n) is 8.51. The van der Waals surface area contributed by atoms with Crippen molar-refractivity contribution >= 4 is 17.7 Å². The number of amides is 1. The van der Waals surface area contributed by atoms with E-state index in [1.54, 1.807) is 41.2 Å². The minimum Gasteiger partial charge on any atom is -0.348 e. The fourth-order valence-corrected chi connectivity index (χ4v) is 3.33. The van der Waals surface area contributed by atoms with E-state index in [9.17, 15) is 4.79 Å². The molecule has 1 aromatic carbocycles.